The van der Waals surface area contributed by atoms with Crippen LogP contribution in [0, 0.1) is 5.82 Å². The Bertz CT molecular complexity index is 1350. The maximum absolute atomic E-state index is 13.6. The molecule has 1 N–H and O–H groups in total. The molecule has 38 heavy (non-hydrogen) atoms. The Balaban J connectivity index is 1.61. The number of methoxy groups -OCH3 is 1. The molecule has 0 saturated carbocycles. The first kappa shape index (κ1) is 27.9. The predicted octanol–water partition coefficient (Wildman–Crippen LogP) is 5.82. The van der Waals surface area contributed by atoms with Gasteiger partial charge >= 0.3 is 12.1 Å². The van der Waals surface area contributed by atoms with Gasteiger partial charge in [0.1, 0.15) is 30.1 Å². The molecule has 0 radical (unpaired) electrons. The monoisotopic (exact) mass is 658 g/mol. The number of carbonyl (C=O) groups is 2. The molecule has 0 aliphatic carbocycles. The molecule has 2 atom stereocenters. The van der Waals surface area contributed by atoms with Crippen LogP contribution in [0.3, 0.4) is 0 Å². The third-order valence-corrected chi connectivity index (χ3v) is 6.59. The second kappa shape index (κ2) is 12.2. The number of aromatic nitrogens is 2. The number of piperidine rings is 1. The molecule has 2 aromatic carbocycles. The van der Waals surface area contributed by atoms with E-state index in [4.69, 9.17) is 28.9 Å². The van der Waals surface area contributed by atoms with Crippen LogP contribution in [-0.4, -0.2) is 58.8 Å². The van der Waals surface area contributed by atoms with E-state index in [9.17, 15) is 14.0 Å². The summed E-state index contributed by atoms with van der Waals surface area (Å²) in [5.41, 5.74) is 1.12. The molecule has 1 amide bonds. The number of likely N-dealkylation sites (tertiary alicyclic amines) is 1. The van der Waals surface area contributed by atoms with Gasteiger partial charge in [-0.1, -0.05) is 11.6 Å². The molecule has 1 fully saturated rings. The second-order valence-electron chi connectivity index (χ2n) is 8.80. The first-order valence-electron chi connectivity index (χ1n) is 11.7. The Morgan fingerprint density at radius 1 is 1.21 bits per heavy atom. The average Bonchev–Trinajstić information content (AvgIpc) is 2.89. The number of hydrogen-bond acceptors (Lipinski definition) is 9. The van der Waals surface area contributed by atoms with Crippen LogP contribution in [-0.2, 0) is 12.6 Å². The van der Waals surface area contributed by atoms with Crippen LogP contribution in [0.2, 0.25) is 5.02 Å². The highest BCUT2D eigenvalue weighted by Gasteiger charge is 2.39. The number of amides is 1. The number of rotatable bonds is 7. The van der Waals surface area contributed by atoms with E-state index in [2.05, 4.69) is 15.3 Å². The zero-order chi connectivity index (χ0) is 27.4. The number of nitrogens with one attached hydrogen (secondary N) is 1. The fraction of sp³-hybridized carbons (Fsp3) is 0.360. The van der Waals surface area contributed by atoms with E-state index in [1.54, 1.807) is 32.0 Å². The van der Waals surface area contributed by atoms with Gasteiger partial charge in [0.05, 0.1) is 23.8 Å². The van der Waals surface area contributed by atoms with Gasteiger partial charge in [0.2, 0.25) is 0 Å². The first-order valence-corrected chi connectivity index (χ1v) is 13.0. The van der Waals surface area contributed by atoms with Gasteiger partial charge in [-0.2, -0.15) is 0 Å². The van der Waals surface area contributed by atoms with Crippen molar-refractivity contribution < 1.29 is 31.3 Å². The van der Waals surface area contributed by atoms with E-state index >= 15 is 0 Å². The van der Waals surface area contributed by atoms with Crippen molar-refractivity contribution in [2.45, 2.75) is 44.9 Å². The molecule has 1 saturated heterocycles. The maximum atomic E-state index is 13.6. The molecular formula is C25H25ClFIN4O6. The van der Waals surface area contributed by atoms with Crippen LogP contribution in [0.1, 0.15) is 26.7 Å². The van der Waals surface area contributed by atoms with E-state index in [-0.39, 0.29) is 24.1 Å². The van der Waals surface area contributed by atoms with E-state index in [1.165, 1.54) is 53.5 Å². The molecular weight excluding hydrogens is 634 g/mol. The summed E-state index contributed by atoms with van der Waals surface area (Å²) in [5, 5.41) is 3.72. The van der Waals surface area contributed by atoms with Gasteiger partial charge in [-0.05, 0) is 38.1 Å². The summed E-state index contributed by atoms with van der Waals surface area (Å²) in [7, 11) is 1.51. The van der Waals surface area contributed by atoms with E-state index < -0.39 is 30.0 Å². The van der Waals surface area contributed by atoms with Crippen LogP contribution in [0.4, 0.5) is 20.7 Å². The molecule has 3 aromatic rings. The van der Waals surface area contributed by atoms with Gasteiger partial charge in [-0.15, -0.1) is 0 Å². The average molecular weight is 659 g/mol. The zero-order valence-electron chi connectivity index (χ0n) is 20.7. The van der Waals surface area contributed by atoms with Crippen molar-refractivity contribution in [3.8, 4) is 11.5 Å². The number of halogens is 3. The lowest BCUT2D eigenvalue weighted by atomic mass is 9.99. The molecule has 13 heteroatoms. The third kappa shape index (κ3) is 6.29. The summed E-state index contributed by atoms with van der Waals surface area (Å²) in [6.07, 6.45) is 0.696. The number of hydrogen-bond donors (Lipinski definition) is 1. The molecule has 10 nitrogen and oxygen atoms in total. The zero-order valence-corrected chi connectivity index (χ0v) is 23.7. The van der Waals surface area contributed by atoms with Crippen LogP contribution < -0.4 is 14.8 Å². The second-order valence-corrected chi connectivity index (χ2v) is 9.65. The lowest BCUT2D eigenvalue weighted by molar-refractivity contribution is -0.139. The number of fused-ring (bicyclic) bond motifs is 1. The lowest BCUT2D eigenvalue weighted by Gasteiger charge is -2.37. The predicted molar refractivity (Wildman–Crippen MR) is 147 cm³/mol. The van der Waals surface area contributed by atoms with Crippen molar-refractivity contribution in [2.75, 3.05) is 19.0 Å². The van der Waals surface area contributed by atoms with Crippen LogP contribution in [0.25, 0.3) is 10.9 Å². The van der Waals surface area contributed by atoms with E-state index in [1.807, 2.05) is 0 Å². The number of benzene rings is 2. The van der Waals surface area contributed by atoms with Crippen molar-refractivity contribution >= 4 is 69.1 Å². The molecule has 0 bridgehead atoms. The summed E-state index contributed by atoms with van der Waals surface area (Å²) >= 11 is 7.42. The van der Waals surface area contributed by atoms with E-state index in [0.717, 1.165) is 0 Å². The van der Waals surface area contributed by atoms with Crippen molar-refractivity contribution in [3.05, 3.63) is 47.5 Å². The molecule has 2 heterocycles. The standard InChI is InChI=1S/C25H25ClFIN4O6/c1-13(2)36-25(34)32-7-6-15(9-20(32)24(33)38-28)37-22-10-16-19(11-21(22)35-3)29-12-30-23(16)31-14-4-5-18(27)17(26)8-14/h4-5,8,10-13,15,20H,6-7,9H2,1-3H3,(H,29,30,31). The number of ether oxygens (including phenoxy) is 3. The SMILES string of the molecule is COc1cc2ncnc(Nc3ccc(F)c(Cl)c3)c2cc1OC1CCN(C(=O)OC(C)C)C(C(=O)OI)C1. The summed E-state index contributed by atoms with van der Waals surface area (Å²) in [6, 6.07) is 6.82. The van der Waals surface area contributed by atoms with Crippen LogP contribution in [0.5, 0.6) is 11.5 Å². The van der Waals surface area contributed by atoms with Gasteiger partial charge in [0.25, 0.3) is 0 Å². The minimum absolute atomic E-state index is 0.0257. The van der Waals surface area contributed by atoms with Gasteiger partial charge in [-0.25, -0.2) is 23.9 Å². The Morgan fingerprint density at radius 2 is 2.00 bits per heavy atom. The van der Waals surface area contributed by atoms with Crippen molar-refractivity contribution in [1.82, 2.24) is 14.9 Å². The van der Waals surface area contributed by atoms with Gasteiger partial charge in [0, 0.05) is 36.5 Å². The number of nitrogens with zero attached hydrogens (tertiary/aromatic N) is 3. The third-order valence-electron chi connectivity index (χ3n) is 5.87. The highest BCUT2D eigenvalue weighted by Crippen LogP contribution is 2.37. The summed E-state index contributed by atoms with van der Waals surface area (Å²) in [5.74, 6) is 0.186. The molecule has 1 aromatic heterocycles. The molecule has 0 spiro atoms. The molecule has 2 unspecified atom stereocenters. The Labute approximate surface area is 237 Å². The quantitative estimate of drug-likeness (QED) is 0.314. The Kier molecular flexibility index (Phi) is 8.92. The fourth-order valence-electron chi connectivity index (χ4n) is 4.11. The molecule has 202 valence electrons. The summed E-state index contributed by atoms with van der Waals surface area (Å²) in [4.78, 5) is 35.1. The molecule has 1 aliphatic rings. The van der Waals surface area contributed by atoms with Crippen LogP contribution >= 0.6 is 34.6 Å². The topological polar surface area (TPSA) is 112 Å². The van der Waals surface area contributed by atoms with Crippen molar-refractivity contribution in [1.29, 1.82) is 0 Å². The van der Waals surface area contributed by atoms with Crippen molar-refractivity contribution in [3.63, 3.8) is 0 Å². The smallest absolute Gasteiger partial charge is 0.410 e. The Hall–Kier alpha value is -3.13. The number of carbonyl (C=O) groups excluding carboxylic acids is 2. The van der Waals surface area contributed by atoms with Gasteiger partial charge < -0.3 is 22.6 Å². The molecule has 1 aliphatic heterocycles. The summed E-state index contributed by atoms with van der Waals surface area (Å²) in [6.45, 7) is 3.72. The normalized spacial score (nSPS) is 17.3. The molecule has 4 rings (SSSR count). The van der Waals surface area contributed by atoms with Gasteiger partial charge in [0.15, 0.2) is 34.5 Å². The number of anilines is 2. The summed E-state index contributed by atoms with van der Waals surface area (Å²) < 4.78 is 35.6. The fourth-order valence-corrected chi connectivity index (χ4v) is 4.58. The Morgan fingerprint density at radius 3 is 2.68 bits per heavy atom. The maximum Gasteiger partial charge on any atom is 0.410 e. The van der Waals surface area contributed by atoms with Crippen LogP contribution in [0.15, 0.2) is 36.7 Å². The lowest BCUT2D eigenvalue weighted by Crippen LogP contribution is -2.53. The highest BCUT2D eigenvalue weighted by molar-refractivity contribution is 14.1. The minimum atomic E-state index is -0.868. The first-order chi connectivity index (χ1) is 18.2. The van der Waals surface area contributed by atoms with E-state index in [0.29, 0.717) is 40.3 Å². The largest absolute Gasteiger partial charge is 0.493 e. The van der Waals surface area contributed by atoms with Gasteiger partial charge in [-0.3, -0.25) is 4.90 Å². The van der Waals surface area contributed by atoms with Crippen molar-refractivity contribution in [2.24, 2.45) is 0 Å². The minimum Gasteiger partial charge on any atom is -0.493 e. The highest BCUT2D eigenvalue weighted by atomic mass is 127.